The largest absolute Gasteiger partial charge is 0.497 e. The second-order valence-corrected chi connectivity index (χ2v) is 6.24. The number of hydrogen-bond donors (Lipinski definition) is 1. The fourth-order valence-corrected chi connectivity index (χ4v) is 2.61. The Hall–Kier alpha value is -2.56. The number of benzene rings is 1. The van der Waals surface area contributed by atoms with Crippen LogP contribution in [0.1, 0.15) is 48.1 Å². The molecule has 0 spiro atoms. The molecule has 0 saturated carbocycles. The molecule has 1 aromatic carbocycles. The smallest absolute Gasteiger partial charge is 0.251 e. The molecule has 1 atom stereocenters. The van der Waals surface area contributed by atoms with Gasteiger partial charge in [-0.3, -0.25) is 4.79 Å². The first-order valence-electron chi connectivity index (χ1n) is 8.63. The van der Waals surface area contributed by atoms with E-state index in [2.05, 4.69) is 17.2 Å². The second kappa shape index (κ2) is 9.06. The summed E-state index contributed by atoms with van der Waals surface area (Å²) in [5.74, 6) is 1.50. The number of carbonyl (C=O) groups is 1. The molecule has 25 heavy (non-hydrogen) atoms. The fraction of sp³-hybridized carbons (Fsp3) is 0.400. The zero-order valence-corrected chi connectivity index (χ0v) is 15.5. The van der Waals surface area contributed by atoms with Gasteiger partial charge in [0.25, 0.3) is 5.91 Å². The lowest BCUT2D eigenvalue weighted by atomic mass is 10.0. The molecular weight excluding hydrogens is 314 g/mol. The molecule has 1 N–H and O–H groups in total. The Balaban J connectivity index is 2.17. The number of aromatic nitrogens is 1. The summed E-state index contributed by atoms with van der Waals surface area (Å²) in [7, 11) is 5.47. The van der Waals surface area contributed by atoms with Crippen molar-refractivity contribution in [3.8, 4) is 5.75 Å². The van der Waals surface area contributed by atoms with Gasteiger partial charge in [0.2, 0.25) is 0 Å². The van der Waals surface area contributed by atoms with Crippen LogP contribution in [-0.4, -0.2) is 32.1 Å². The van der Waals surface area contributed by atoms with Gasteiger partial charge < -0.3 is 15.0 Å². The summed E-state index contributed by atoms with van der Waals surface area (Å²) in [4.78, 5) is 18.9. The Morgan fingerprint density at radius 2 is 1.96 bits per heavy atom. The first kappa shape index (κ1) is 18.8. The molecule has 0 aliphatic carbocycles. The van der Waals surface area contributed by atoms with Crippen molar-refractivity contribution >= 4 is 11.7 Å². The summed E-state index contributed by atoms with van der Waals surface area (Å²) in [6.07, 6.45) is 4.71. The summed E-state index contributed by atoms with van der Waals surface area (Å²) in [5.41, 5.74) is 1.71. The zero-order valence-electron chi connectivity index (χ0n) is 15.5. The van der Waals surface area contributed by atoms with Gasteiger partial charge in [0.1, 0.15) is 11.6 Å². The van der Waals surface area contributed by atoms with Crippen LogP contribution in [0.15, 0.2) is 42.6 Å². The highest BCUT2D eigenvalue weighted by atomic mass is 16.5. The average Bonchev–Trinajstić information content (AvgIpc) is 2.65. The minimum absolute atomic E-state index is 0.0191. The molecule has 0 aliphatic rings. The number of anilines is 1. The predicted molar refractivity (Wildman–Crippen MR) is 101 cm³/mol. The summed E-state index contributed by atoms with van der Waals surface area (Å²) in [6, 6.07) is 11.4. The van der Waals surface area contributed by atoms with E-state index in [1.54, 1.807) is 25.4 Å². The van der Waals surface area contributed by atoms with E-state index in [0.29, 0.717) is 5.56 Å². The van der Waals surface area contributed by atoms with Gasteiger partial charge in [-0.2, -0.15) is 0 Å². The molecule has 2 aromatic rings. The first-order chi connectivity index (χ1) is 12.0. The third kappa shape index (κ3) is 5.21. The zero-order chi connectivity index (χ0) is 18.2. The highest BCUT2D eigenvalue weighted by Gasteiger charge is 2.16. The molecule has 134 valence electrons. The monoisotopic (exact) mass is 341 g/mol. The van der Waals surface area contributed by atoms with E-state index in [-0.39, 0.29) is 11.9 Å². The third-order valence-corrected chi connectivity index (χ3v) is 4.14. The SMILES string of the molecule is CCCCC(NC(=O)c1ccnc(N(C)C)c1)c1ccc(OC)cc1. The van der Waals surface area contributed by atoms with Crippen molar-refractivity contribution < 1.29 is 9.53 Å². The van der Waals surface area contributed by atoms with Gasteiger partial charge in [0, 0.05) is 25.9 Å². The molecule has 0 saturated heterocycles. The van der Waals surface area contributed by atoms with Crippen LogP contribution in [0, 0.1) is 0 Å². The molecule has 1 amide bonds. The number of nitrogens with one attached hydrogen (secondary N) is 1. The lowest BCUT2D eigenvalue weighted by Crippen LogP contribution is -2.29. The molecule has 0 bridgehead atoms. The molecule has 1 heterocycles. The summed E-state index contributed by atoms with van der Waals surface area (Å²) < 4.78 is 5.22. The molecule has 0 radical (unpaired) electrons. The standard InChI is InChI=1S/C20H27N3O2/c1-5-6-7-18(15-8-10-17(25-4)11-9-15)22-20(24)16-12-13-21-19(14-16)23(2)3/h8-14,18H,5-7H2,1-4H3,(H,22,24). The van der Waals surface area contributed by atoms with Crippen LogP contribution in [-0.2, 0) is 0 Å². The topological polar surface area (TPSA) is 54.5 Å². The van der Waals surface area contributed by atoms with Crippen LogP contribution in [0.5, 0.6) is 5.75 Å². The van der Waals surface area contributed by atoms with Crippen molar-refractivity contribution in [1.29, 1.82) is 0 Å². The minimum atomic E-state index is -0.0811. The molecule has 5 heteroatoms. The lowest BCUT2D eigenvalue weighted by molar-refractivity contribution is 0.0934. The van der Waals surface area contributed by atoms with Gasteiger partial charge in [0.15, 0.2) is 0 Å². The van der Waals surface area contributed by atoms with Gasteiger partial charge in [-0.05, 0) is 36.2 Å². The number of hydrogen-bond acceptors (Lipinski definition) is 4. The van der Waals surface area contributed by atoms with Crippen molar-refractivity contribution in [3.63, 3.8) is 0 Å². The maximum Gasteiger partial charge on any atom is 0.251 e. The molecule has 5 nitrogen and oxygen atoms in total. The van der Waals surface area contributed by atoms with Crippen LogP contribution in [0.3, 0.4) is 0 Å². The summed E-state index contributed by atoms with van der Waals surface area (Å²) in [5, 5.41) is 3.16. The Morgan fingerprint density at radius 1 is 1.24 bits per heavy atom. The highest BCUT2D eigenvalue weighted by Crippen LogP contribution is 2.23. The predicted octanol–water partition coefficient (Wildman–Crippen LogP) is 3.82. The van der Waals surface area contributed by atoms with Gasteiger partial charge >= 0.3 is 0 Å². The van der Waals surface area contributed by atoms with Crippen molar-refractivity contribution in [1.82, 2.24) is 10.3 Å². The Bertz CT molecular complexity index is 684. The van der Waals surface area contributed by atoms with Crippen molar-refractivity contribution in [3.05, 3.63) is 53.7 Å². The molecular formula is C20H27N3O2. The molecule has 1 aromatic heterocycles. The quantitative estimate of drug-likeness (QED) is 0.793. The maximum absolute atomic E-state index is 12.7. The van der Waals surface area contributed by atoms with Gasteiger partial charge in [-0.1, -0.05) is 31.9 Å². The van der Waals surface area contributed by atoms with Crippen LogP contribution in [0.4, 0.5) is 5.82 Å². The van der Waals surface area contributed by atoms with Crippen LogP contribution in [0.2, 0.25) is 0 Å². The van der Waals surface area contributed by atoms with Crippen LogP contribution >= 0.6 is 0 Å². The van der Waals surface area contributed by atoms with Gasteiger partial charge in [-0.25, -0.2) is 4.98 Å². The number of pyridine rings is 1. The third-order valence-electron chi connectivity index (χ3n) is 4.14. The fourth-order valence-electron chi connectivity index (χ4n) is 2.61. The van der Waals surface area contributed by atoms with Crippen LogP contribution < -0.4 is 15.0 Å². The maximum atomic E-state index is 12.7. The number of carbonyl (C=O) groups excluding carboxylic acids is 1. The van der Waals surface area contributed by atoms with E-state index in [1.165, 1.54) is 0 Å². The van der Waals surface area contributed by atoms with E-state index in [0.717, 1.165) is 36.4 Å². The molecule has 1 unspecified atom stereocenters. The van der Waals surface area contributed by atoms with Gasteiger partial charge in [-0.15, -0.1) is 0 Å². The molecule has 0 fully saturated rings. The first-order valence-corrected chi connectivity index (χ1v) is 8.63. The van der Waals surface area contributed by atoms with Crippen molar-refractivity contribution in [2.75, 3.05) is 26.1 Å². The van der Waals surface area contributed by atoms with Gasteiger partial charge in [0.05, 0.1) is 13.2 Å². The van der Waals surface area contributed by atoms with Crippen LogP contribution in [0.25, 0.3) is 0 Å². The number of methoxy groups -OCH3 is 1. The Labute approximate surface area is 150 Å². The Morgan fingerprint density at radius 3 is 2.56 bits per heavy atom. The van der Waals surface area contributed by atoms with E-state index in [1.807, 2.05) is 43.3 Å². The highest BCUT2D eigenvalue weighted by molar-refractivity contribution is 5.95. The van der Waals surface area contributed by atoms with E-state index >= 15 is 0 Å². The lowest BCUT2D eigenvalue weighted by Gasteiger charge is -2.20. The number of nitrogens with zero attached hydrogens (tertiary/aromatic N) is 2. The number of unbranched alkanes of at least 4 members (excludes halogenated alkanes) is 1. The van der Waals surface area contributed by atoms with E-state index in [4.69, 9.17) is 4.74 Å². The minimum Gasteiger partial charge on any atom is -0.497 e. The average molecular weight is 341 g/mol. The molecule has 2 rings (SSSR count). The molecule has 0 aliphatic heterocycles. The number of ether oxygens (including phenoxy) is 1. The van der Waals surface area contributed by atoms with Crippen molar-refractivity contribution in [2.45, 2.75) is 32.2 Å². The summed E-state index contributed by atoms with van der Waals surface area (Å²) in [6.45, 7) is 2.15. The second-order valence-electron chi connectivity index (χ2n) is 6.24. The summed E-state index contributed by atoms with van der Waals surface area (Å²) >= 11 is 0. The van der Waals surface area contributed by atoms with E-state index < -0.39 is 0 Å². The van der Waals surface area contributed by atoms with E-state index in [9.17, 15) is 4.79 Å². The normalized spacial score (nSPS) is 11.7. The number of amides is 1. The number of rotatable bonds is 8. The van der Waals surface area contributed by atoms with Crippen molar-refractivity contribution in [2.24, 2.45) is 0 Å². The Kier molecular flexibility index (Phi) is 6.81.